The fraction of sp³-hybridized carbons (Fsp3) is 0.857. The molecule has 1 saturated carbocycles. The molecule has 2 fully saturated rings. The molecule has 0 aromatic carbocycles. The number of rotatable bonds is 3. The highest BCUT2D eigenvalue weighted by Crippen LogP contribution is 2.37. The van der Waals surface area contributed by atoms with Crippen molar-refractivity contribution in [3.63, 3.8) is 0 Å². The van der Waals surface area contributed by atoms with E-state index in [9.17, 15) is 4.79 Å². The lowest BCUT2D eigenvalue weighted by molar-refractivity contribution is -0.129. The number of hydrogen-bond donors (Lipinski definition) is 2. The Kier molecular flexibility index (Phi) is 4.79. The van der Waals surface area contributed by atoms with E-state index in [0.717, 1.165) is 51.6 Å². The van der Waals surface area contributed by atoms with Gasteiger partial charge in [0.05, 0.1) is 10.4 Å². The van der Waals surface area contributed by atoms with Gasteiger partial charge in [0.25, 0.3) is 0 Å². The van der Waals surface area contributed by atoms with Crippen molar-refractivity contribution in [2.45, 2.75) is 51.0 Å². The summed E-state index contributed by atoms with van der Waals surface area (Å²) in [5, 5.41) is 3.20. The van der Waals surface area contributed by atoms with Crippen molar-refractivity contribution < 1.29 is 4.79 Å². The average molecular weight is 283 g/mol. The highest BCUT2D eigenvalue weighted by molar-refractivity contribution is 7.80. The SMILES string of the molecule is CN1CCC(NC(=O)C2(C(N)=S)CCCCC2)CC1. The summed E-state index contributed by atoms with van der Waals surface area (Å²) in [6.07, 6.45) is 6.98. The number of thiocarbonyl (C=S) groups is 1. The van der Waals surface area contributed by atoms with E-state index in [1.165, 1.54) is 6.42 Å². The zero-order chi connectivity index (χ0) is 13.9. The molecule has 108 valence electrons. The Balaban J connectivity index is 1.98. The summed E-state index contributed by atoms with van der Waals surface area (Å²) in [6, 6.07) is 0.289. The first-order valence-electron chi connectivity index (χ1n) is 7.34. The number of amides is 1. The molecule has 0 unspecified atom stereocenters. The maximum Gasteiger partial charge on any atom is 0.233 e. The molecule has 0 spiro atoms. The van der Waals surface area contributed by atoms with Crippen LogP contribution in [0.5, 0.6) is 0 Å². The summed E-state index contributed by atoms with van der Waals surface area (Å²) in [7, 11) is 2.12. The zero-order valence-corrected chi connectivity index (χ0v) is 12.6. The first-order valence-corrected chi connectivity index (χ1v) is 7.75. The van der Waals surface area contributed by atoms with Crippen LogP contribution in [0, 0.1) is 5.41 Å². The summed E-state index contributed by atoms with van der Waals surface area (Å²) in [5.74, 6) is 0.0780. The van der Waals surface area contributed by atoms with Gasteiger partial charge < -0.3 is 16.0 Å². The molecule has 19 heavy (non-hydrogen) atoms. The minimum absolute atomic E-state index is 0.0780. The predicted octanol–water partition coefficient (Wildman–Crippen LogP) is 1.43. The van der Waals surface area contributed by atoms with E-state index in [4.69, 9.17) is 18.0 Å². The van der Waals surface area contributed by atoms with Gasteiger partial charge in [-0.1, -0.05) is 31.5 Å². The molecule has 2 aliphatic rings. The van der Waals surface area contributed by atoms with Gasteiger partial charge in [-0.25, -0.2) is 0 Å². The van der Waals surface area contributed by atoms with Gasteiger partial charge >= 0.3 is 0 Å². The van der Waals surface area contributed by atoms with E-state index in [1.807, 2.05) is 0 Å². The molecular weight excluding hydrogens is 258 g/mol. The minimum atomic E-state index is -0.572. The number of nitrogens with two attached hydrogens (primary N) is 1. The number of hydrogen-bond acceptors (Lipinski definition) is 3. The van der Waals surface area contributed by atoms with Gasteiger partial charge in [0.2, 0.25) is 5.91 Å². The van der Waals surface area contributed by atoms with E-state index in [1.54, 1.807) is 0 Å². The molecule has 0 atom stereocenters. The number of likely N-dealkylation sites (tertiary alicyclic amines) is 1. The largest absolute Gasteiger partial charge is 0.392 e. The molecule has 1 aliphatic carbocycles. The second kappa shape index (κ2) is 6.18. The molecule has 2 rings (SSSR count). The monoisotopic (exact) mass is 283 g/mol. The number of carbonyl (C=O) groups excluding carboxylic acids is 1. The summed E-state index contributed by atoms with van der Waals surface area (Å²) in [6.45, 7) is 2.09. The van der Waals surface area contributed by atoms with Gasteiger partial charge in [-0.2, -0.15) is 0 Å². The van der Waals surface area contributed by atoms with Crippen molar-refractivity contribution in [3.8, 4) is 0 Å². The second-order valence-corrected chi connectivity index (χ2v) is 6.50. The fourth-order valence-electron chi connectivity index (χ4n) is 3.22. The molecular formula is C14H25N3OS. The number of piperidine rings is 1. The Morgan fingerprint density at radius 2 is 1.84 bits per heavy atom. The van der Waals surface area contributed by atoms with Crippen molar-refractivity contribution in [1.29, 1.82) is 0 Å². The summed E-state index contributed by atoms with van der Waals surface area (Å²) in [4.78, 5) is 15.3. The molecule has 1 amide bonds. The lowest BCUT2D eigenvalue weighted by Crippen LogP contribution is -2.54. The Bertz CT molecular complexity index is 345. The number of nitrogens with zero attached hydrogens (tertiary/aromatic N) is 1. The van der Waals surface area contributed by atoms with Gasteiger partial charge in [-0.3, -0.25) is 4.79 Å². The van der Waals surface area contributed by atoms with E-state index >= 15 is 0 Å². The zero-order valence-electron chi connectivity index (χ0n) is 11.8. The summed E-state index contributed by atoms with van der Waals surface area (Å²) >= 11 is 5.20. The van der Waals surface area contributed by atoms with Crippen LogP contribution in [0.1, 0.15) is 44.9 Å². The van der Waals surface area contributed by atoms with Crippen LogP contribution in [0.3, 0.4) is 0 Å². The predicted molar refractivity (Wildman–Crippen MR) is 81.0 cm³/mol. The molecule has 1 saturated heterocycles. The molecule has 0 radical (unpaired) electrons. The third kappa shape index (κ3) is 3.26. The van der Waals surface area contributed by atoms with Crippen molar-refractivity contribution in [2.75, 3.05) is 20.1 Å². The Morgan fingerprint density at radius 3 is 2.37 bits per heavy atom. The molecule has 0 bridgehead atoms. The third-order valence-electron chi connectivity index (χ3n) is 4.67. The van der Waals surface area contributed by atoms with Crippen LogP contribution in [0.25, 0.3) is 0 Å². The highest BCUT2D eigenvalue weighted by Gasteiger charge is 2.43. The quantitative estimate of drug-likeness (QED) is 0.769. The lowest BCUT2D eigenvalue weighted by atomic mass is 9.73. The smallest absolute Gasteiger partial charge is 0.233 e. The molecule has 1 aliphatic heterocycles. The standard InChI is InChI=1S/C14H25N3OS/c1-17-9-5-11(6-10-17)16-13(18)14(12(15)19)7-3-2-4-8-14/h11H,2-10H2,1H3,(H2,15,19)(H,16,18). The van der Waals surface area contributed by atoms with Gasteiger partial charge in [0, 0.05) is 6.04 Å². The third-order valence-corrected chi connectivity index (χ3v) is 5.06. The van der Waals surface area contributed by atoms with Crippen LogP contribution in [0.15, 0.2) is 0 Å². The normalized spacial score (nSPS) is 24.9. The molecule has 4 nitrogen and oxygen atoms in total. The first kappa shape index (κ1) is 14.7. The van der Waals surface area contributed by atoms with Crippen LogP contribution in [0.2, 0.25) is 0 Å². The fourth-order valence-corrected chi connectivity index (χ4v) is 3.51. The summed E-state index contributed by atoms with van der Waals surface area (Å²) in [5.41, 5.74) is 5.32. The number of carbonyl (C=O) groups is 1. The Hall–Kier alpha value is -0.680. The lowest BCUT2D eigenvalue weighted by Gasteiger charge is -2.37. The van der Waals surface area contributed by atoms with Crippen molar-refractivity contribution in [3.05, 3.63) is 0 Å². The maximum atomic E-state index is 12.6. The van der Waals surface area contributed by atoms with Crippen LogP contribution >= 0.6 is 12.2 Å². The van der Waals surface area contributed by atoms with E-state index in [0.29, 0.717) is 4.99 Å². The molecule has 1 heterocycles. The average Bonchev–Trinajstić information content (AvgIpc) is 2.42. The number of nitrogens with one attached hydrogen (secondary N) is 1. The first-order chi connectivity index (χ1) is 9.04. The van der Waals surface area contributed by atoms with E-state index in [2.05, 4.69) is 17.3 Å². The van der Waals surface area contributed by atoms with E-state index < -0.39 is 5.41 Å². The molecule has 5 heteroatoms. The second-order valence-electron chi connectivity index (χ2n) is 6.06. The Morgan fingerprint density at radius 1 is 1.26 bits per heavy atom. The van der Waals surface area contributed by atoms with Crippen LogP contribution in [-0.2, 0) is 4.79 Å². The van der Waals surface area contributed by atoms with Crippen molar-refractivity contribution in [1.82, 2.24) is 10.2 Å². The highest BCUT2D eigenvalue weighted by atomic mass is 32.1. The molecule has 0 aromatic rings. The van der Waals surface area contributed by atoms with E-state index in [-0.39, 0.29) is 11.9 Å². The van der Waals surface area contributed by atoms with Crippen LogP contribution in [-0.4, -0.2) is 42.0 Å². The van der Waals surface area contributed by atoms with Gasteiger partial charge in [0.1, 0.15) is 0 Å². The van der Waals surface area contributed by atoms with Gasteiger partial charge in [-0.15, -0.1) is 0 Å². The van der Waals surface area contributed by atoms with Crippen LogP contribution < -0.4 is 11.1 Å². The van der Waals surface area contributed by atoms with Crippen molar-refractivity contribution in [2.24, 2.45) is 11.1 Å². The van der Waals surface area contributed by atoms with Gasteiger partial charge in [0.15, 0.2) is 0 Å². The molecule has 0 aromatic heterocycles. The topological polar surface area (TPSA) is 58.4 Å². The Labute approximate surface area is 121 Å². The van der Waals surface area contributed by atoms with Gasteiger partial charge in [-0.05, 0) is 45.8 Å². The van der Waals surface area contributed by atoms with Crippen LogP contribution in [0.4, 0.5) is 0 Å². The molecule has 3 N–H and O–H groups in total. The summed E-state index contributed by atoms with van der Waals surface area (Å²) < 4.78 is 0. The van der Waals surface area contributed by atoms with Crippen molar-refractivity contribution >= 4 is 23.1 Å². The maximum absolute atomic E-state index is 12.6. The minimum Gasteiger partial charge on any atom is -0.392 e.